The molecule has 5 aliphatic rings. The van der Waals surface area contributed by atoms with E-state index in [4.69, 9.17) is 4.74 Å². The summed E-state index contributed by atoms with van der Waals surface area (Å²) in [5.41, 5.74) is 5.27. The molecule has 0 unspecified atom stereocenters. The van der Waals surface area contributed by atoms with Gasteiger partial charge in [-0.15, -0.1) is 0 Å². The minimum atomic E-state index is -4.32. The molecule has 0 radical (unpaired) electrons. The Morgan fingerprint density at radius 2 is 1.25 bits per heavy atom. The van der Waals surface area contributed by atoms with Gasteiger partial charge in [-0.1, -0.05) is 66.2 Å². The number of aryl methyl sites for hydroxylation is 1. The smallest absolute Gasteiger partial charge is 0.424 e. The van der Waals surface area contributed by atoms with Crippen molar-refractivity contribution in [3.05, 3.63) is 101 Å². The number of ether oxygens (including phenoxy) is 1. The van der Waals surface area contributed by atoms with Crippen molar-refractivity contribution >= 4 is 16.1 Å². The Morgan fingerprint density at radius 1 is 0.750 bits per heavy atom. The fourth-order valence-electron chi connectivity index (χ4n) is 7.24. The number of amides is 1. The van der Waals surface area contributed by atoms with E-state index in [-0.39, 0.29) is 22.6 Å². The van der Waals surface area contributed by atoms with Gasteiger partial charge in [-0.3, -0.25) is 0 Å². The Hall–Kier alpha value is -3.20. The molecule has 3 aromatic rings. The maximum Gasteiger partial charge on any atom is 0.424 e. The van der Waals surface area contributed by atoms with Crippen molar-refractivity contribution < 1.29 is 28.2 Å². The zero-order chi connectivity index (χ0) is 24.9. The van der Waals surface area contributed by atoms with Crippen molar-refractivity contribution in [2.45, 2.75) is 48.0 Å². The van der Waals surface area contributed by atoms with Crippen LogP contribution in [0.5, 0.6) is 0 Å². The lowest BCUT2D eigenvalue weighted by molar-refractivity contribution is -0.135. The molecule has 4 aliphatic carbocycles. The Kier molecular flexibility index (Phi) is 4.54. The molecule has 2 N–H and O–H groups in total. The molecule has 0 spiro atoms. The highest BCUT2D eigenvalue weighted by atomic mass is 32.2. The van der Waals surface area contributed by atoms with Crippen LogP contribution in [0.25, 0.3) is 0 Å². The number of rotatable bonds is 2. The molecule has 36 heavy (non-hydrogen) atoms. The number of carbonyl (C=O) groups excluding carboxylic acids is 1. The molecule has 1 saturated heterocycles. The third-order valence-electron chi connectivity index (χ3n) is 8.62. The van der Waals surface area contributed by atoms with Crippen molar-refractivity contribution in [3.8, 4) is 0 Å². The lowest BCUT2D eigenvalue weighted by Gasteiger charge is -2.57. The van der Waals surface area contributed by atoms with Crippen LogP contribution < -0.4 is 0 Å². The molecule has 1 heterocycles. The van der Waals surface area contributed by atoms with E-state index >= 15 is 0 Å². The van der Waals surface area contributed by atoms with E-state index in [0.717, 1.165) is 27.8 Å². The van der Waals surface area contributed by atoms with E-state index in [0.29, 0.717) is 4.31 Å². The molecule has 8 heteroatoms. The summed E-state index contributed by atoms with van der Waals surface area (Å²) in [5.74, 6) is -1.20. The molecule has 7 nitrogen and oxygen atoms in total. The molecule has 8 rings (SSSR count). The van der Waals surface area contributed by atoms with Crippen molar-refractivity contribution in [1.82, 2.24) is 4.31 Å². The fourth-order valence-corrected chi connectivity index (χ4v) is 8.75. The van der Waals surface area contributed by atoms with Crippen molar-refractivity contribution in [3.63, 3.8) is 0 Å². The van der Waals surface area contributed by atoms with Crippen LogP contribution >= 0.6 is 0 Å². The SMILES string of the molecule is Cc1ccc(S(=O)(=O)N2C(=O)O[C@@H]3[C@H]4C5c6ccccc6C(c6ccccc65)[C@H]4[C@@H](O)[C@@H](O)[C@@H]32)cc1. The molecular weight excluding hydrogens is 478 g/mol. The maximum atomic E-state index is 13.6. The highest BCUT2D eigenvalue weighted by Crippen LogP contribution is 2.63. The molecule has 2 fully saturated rings. The average Bonchev–Trinajstić information content (AvgIpc) is 3.25. The Labute approximate surface area is 209 Å². The van der Waals surface area contributed by atoms with Crippen molar-refractivity contribution in [2.75, 3.05) is 0 Å². The zero-order valence-corrected chi connectivity index (χ0v) is 20.2. The molecule has 184 valence electrons. The summed E-state index contributed by atoms with van der Waals surface area (Å²) in [6, 6.07) is 21.1. The number of benzene rings is 3. The predicted octanol–water partition coefficient (Wildman–Crippen LogP) is 3.13. The predicted molar refractivity (Wildman–Crippen MR) is 130 cm³/mol. The number of nitrogens with zero attached hydrogens (tertiary/aromatic N) is 1. The van der Waals surface area contributed by atoms with E-state index in [1.54, 1.807) is 12.1 Å². The Bertz CT molecular complexity index is 1450. The van der Waals surface area contributed by atoms with Crippen molar-refractivity contribution in [1.29, 1.82) is 0 Å². The number of sulfonamides is 1. The Morgan fingerprint density at radius 3 is 1.78 bits per heavy atom. The van der Waals surface area contributed by atoms with Gasteiger partial charge in [0.2, 0.25) is 0 Å². The average molecular weight is 504 g/mol. The number of hydrogen-bond donors (Lipinski definition) is 2. The van der Waals surface area contributed by atoms with Gasteiger partial charge in [0.15, 0.2) is 0 Å². The number of aliphatic hydroxyl groups is 2. The van der Waals surface area contributed by atoms with Gasteiger partial charge in [0, 0.05) is 23.7 Å². The second-order valence-electron chi connectivity index (χ2n) is 10.3. The molecule has 6 atom stereocenters. The van der Waals surface area contributed by atoms with Crippen LogP contribution in [-0.2, 0) is 14.8 Å². The summed E-state index contributed by atoms with van der Waals surface area (Å²) in [5, 5.41) is 22.9. The van der Waals surface area contributed by atoms with E-state index in [9.17, 15) is 23.4 Å². The summed E-state index contributed by atoms with van der Waals surface area (Å²) in [6.07, 6.45) is -4.63. The van der Waals surface area contributed by atoms with E-state index in [1.165, 1.54) is 12.1 Å². The second-order valence-corrected chi connectivity index (χ2v) is 12.1. The van der Waals surface area contributed by atoms with Crippen LogP contribution in [0.15, 0.2) is 77.7 Å². The van der Waals surface area contributed by atoms with Crippen LogP contribution in [0.3, 0.4) is 0 Å². The zero-order valence-electron chi connectivity index (χ0n) is 19.4. The topological polar surface area (TPSA) is 104 Å². The third-order valence-corrected chi connectivity index (χ3v) is 10.4. The normalized spacial score (nSPS) is 33.9. The van der Waals surface area contributed by atoms with Crippen LogP contribution in [0.1, 0.15) is 39.7 Å². The first kappa shape index (κ1) is 22.0. The first-order valence-corrected chi connectivity index (χ1v) is 13.6. The van der Waals surface area contributed by atoms with Gasteiger partial charge in [-0.05, 0) is 41.3 Å². The number of hydrogen-bond acceptors (Lipinski definition) is 6. The number of aliphatic hydroxyl groups excluding tert-OH is 2. The quantitative estimate of drug-likeness (QED) is 0.557. The minimum absolute atomic E-state index is 0.0598. The van der Waals surface area contributed by atoms with E-state index in [2.05, 4.69) is 24.3 Å². The van der Waals surface area contributed by atoms with Crippen LogP contribution in [0.4, 0.5) is 4.79 Å². The summed E-state index contributed by atoms with van der Waals surface area (Å²) >= 11 is 0. The lowest BCUT2D eigenvalue weighted by atomic mass is 9.49. The van der Waals surface area contributed by atoms with Gasteiger partial charge in [0.05, 0.1) is 11.0 Å². The van der Waals surface area contributed by atoms with Gasteiger partial charge in [-0.2, -0.15) is 4.31 Å². The van der Waals surface area contributed by atoms with Crippen molar-refractivity contribution in [2.24, 2.45) is 11.8 Å². The highest BCUT2D eigenvalue weighted by Gasteiger charge is 2.67. The summed E-state index contributed by atoms with van der Waals surface area (Å²) in [7, 11) is -4.32. The van der Waals surface area contributed by atoms with E-state index in [1.807, 2.05) is 31.2 Å². The molecule has 1 amide bonds. The second kappa shape index (κ2) is 7.41. The Balaban J connectivity index is 1.39. The molecular formula is C28H25NO6S. The molecule has 1 aliphatic heterocycles. The van der Waals surface area contributed by atoms with Gasteiger partial charge >= 0.3 is 6.09 Å². The lowest BCUT2D eigenvalue weighted by Crippen LogP contribution is -2.65. The van der Waals surface area contributed by atoms with Crippen LogP contribution in [0.2, 0.25) is 0 Å². The number of fused-ring (bicyclic) bond motifs is 1. The van der Waals surface area contributed by atoms with Gasteiger partial charge < -0.3 is 14.9 Å². The first-order valence-electron chi connectivity index (χ1n) is 12.2. The third kappa shape index (κ3) is 2.69. The fraction of sp³-hybridized carbons (Fsp3) is 0.321. The van der Waals surface area contributed by atoms with Gasteiger partial charge in [-0.25, -0.2) is 13.2 Å². The summed E-state index contributed by atoms with van der Waals surface area (Å²) in [4.78, 5) is 13.1. The van der Waals surface area contributed by atoms with Gasteiger partial charge in [0.25, 0.3) is 10.0 Å². The monoisotopic (exact) mass is 503 g/mol. The standard InChI is InChI=1S/C28H25NO6S/c1-14-10-12-15(13-11-14)36(33,34)29-24-26(31)25(30)22-20-16-6-2-4-8-18(16)21(19-9-5-3-7-17(19)20)23(22)27(24)35-28(29)32/h2-13,20-27,30-31H,1H3/t20?,21?,22-,23+,24+,25-,26+,27-/m1/s1. The minimum Gasteiger partial charge on any atom is -0.443 e. The van der Waals surface area contributed by atoms with Gasteiger partial charge in [0.1, 0.15) is 18.2 Å². The maximum absolute atomic E-state index is 13.6. The molecule has 1 saturated carbocycles. The van der Waals surface area contributed by atoms with Crippen LogP contribution in [-0.4, -0.2) is 53.4 Å². The first-order chi connectivity index (χ1) is 17.3. The molecule has 2 bridgehead atoms. The number of carbonyl (C=O) groups is 1. The molecule has 0 aromatic heterocycles. The highest BCUT2D eigenvalue weighted by molar-refractivity contribution is 7.89. The molecule has 3 aromatic carbocycles. The largest absolute Gasteiger partial charge is 0.443 e. The summed E-state index contributed by atoms with van der Waals surface area (Å²) < 4.78 is 33.7. The van der Waals surface area contributed by atoms with Crippen LogP contribution in [0, 0.1) is 18.8 Å². The van der Waals surface area contributed by atoms with E-state index < -0.39 is 46.4 Å². The summed E-state index contributed by atoms with van der Waals surface area (Å²) in [6.45, 7) is 1.84.